The summed E-state index contributed by atoms with van der Waals surface area (Å²) in [4.78, 5) is 19.6. The zero-order chi connectivity index (χ0) is 17.6. The highest BCUT2D eigenvalue weighted by Crippen LogP contribution is 2.29. The summed E-state index contributed by atoms with van der Waals surface area (Å²) in [6, 6.07) is 9.99. The minimum atomic E-state index is -0.799. The van der Waals surface area contributed by atoms with Gasteiger partial charge in [0.05, 0.1) is 12.7 Å². The third kappa shape index (κ3) is 2.86. The first-order valence-corrected chi connectivity index (χ1v) is 8.18. The van der Waals surface area contributed by atoms with Crippen LogP contribution in [0, 0.1) is 6.92 Å². The second-order valence-corrected chi connectivity index (χ2v) is 6.40. The number of hydrogen-bond acceptors (Lipinski definition) is 5. The predicted molar refractivity (Wildman–Crippen MR) is 92.1 cm³/mol. The molecule has 0 aliphatic carbocycles. The Morgan fingerprint density at radius 1 is 1.36 bits per heavy atom. The number of H-pyrrole nitrogens is 1. The summed E-state index contributed by atoms with van der Waals surface area (Å²) in [7, 11) is 0. The SMILES string of the molecule is Cc1ccc(-c2cc3cn([C@H]4C[C@H](O)[C@@H](CO)O4)c(=O)nc3[nH]2)cc1. The van der Waals surface area contributed by atoms with Gasteiger partial charge < -0.3 is 19.9 Å². The highest BCUT2D eigenvalue weighted by Gasteiger charge is 2.35. The van der Waals surface area contributed by atoms with Crippen LogP contribution in [-0.2, 0) is 4.74 Å². The van der Waals surface area contributed by atoms with Gasteiger partial charge >= 0.3 is 5.69 Å². The molecule has 7 heteroatoms. The molecule has 3 atom stereocenters. The molecule has 1 saturated heterocycles. The van der Waals surface area contributed by atoms with E-state index in [-0.39, 0.29) is 13.0 Å². The molecule has 7 nitrogen and oxygen atoms in total. The van der Waals surface area contributed by atoms with Crippen LogP contribution in [0.2, 0.25) is 0 Å². The van der Waals surface area contributed by atoms with Crippen LogP contribution < -0.4 is 5.69 Å². The maximum Gasteiger partial charge on any atom is 0.351 e. The van der Waals surface area contributed by atoms with E-state index in [4.69, 9.17) is 4.74 Å². The molecular formula is C18H19N3O4. The quantitative estimate of drug-likeness (QED) is 0.667. The van der Waals surface area contributed by atoms with E-state index < -0.39 is 24.1 Å². The Morgan fingerprint density at radius 2 is 2.12 bits per heavy atom. The lowest BCUT2D eigenvalue weighted by Gasteiger charge is -2.14. The average Bonchev–Trinajstić information content (AvgIpc) is 3.17. The smallest absolute Gasteiger partial charge is 0.351 e. The van der Waals surface area contributed by atoms with E-state index >= 15 is 0 Å². The first-order chi connectivity index (χ1) is 12.0. The minimum absolute atomic E-state index is 0.244. The molecule has 130 valence electrons. The van der Waals surface area contributed by atoms with Crippen LogP contribution >= 0.6 is 0 Å². The fraction of sp³-hybridized carbons (Fsp3) is 0.333. The molecule has 3 heterocycles. The van der Waals surface area contributed by atoms with E-state index in [1.807, 2.05) is 37.3 Å². The Bertz CT molecular complexity index is 961. The predicted octanol–water partition coefficient (Wildman–Crippen LogP) is 1.34. The number of aliphatic hydroxyl groups is 2. The normalized spacial score (nSPS) is 23.4. The summed E-state index contributed by atoms with van der Waals surface area (Å²) in [6.07, 6.45) is -0.188. The molecule has 0 radical (unpaired) electrons. The maximum absolute atomic E-state index is 12.3. The van der Waals surface area contributed by atoms with E-state index in [9.17, 15) is 15.0 Å². The van der Waals surface area contributed by atoms with Crippen LogP contribution in [0.3, 0.4) is 0 Å². The molecular weight excluding hydrogens is 322 g/mol. The van der Waals surface area contributed by atoms with Crippen molar-refractivity contribution in [1.29, 1.82) is 0 Å². The Kier molecular flexibility index (Phi) is 3.91. The topological polar surface area (TPSA) is 100 Å². The van der Waals surface area contributed by atoms with Crippen LogP contribution in [0.5, 0.6) is 0 Å². The van der Waals surface area contributed by atoms with E-state index in [2.05, 4.69) is 9.97 Å². The summed E-state index contributed by atoms with van der Waals surface area (Å²) in [5, 5.41) is 19.8. The zero-order valence-electron chi connectivity index (χ0n) is 13.7. The molecule has 0 amide bonds. The average molecular weight is 341 g/mol. The minimum Gasteiger partial charge on any atom is -0.394 e. The third-order valence-electron chi connectivity index (χ3n) is 4.59. The summed E-state index contributed by atoms with van der Waals surface area (Å²) in [5.74, 6) is 0. The standard InChI is InChI=1S/C18H19N3O4/c1-10-2-4-11(5-3-10)13-6-12-8-21(18(24)20-17(12)19-13)16-7-14(23)15(9-22)25-16/h2-6,8,14-16,22-23H,7,9H2,1H3,(H,19,20,24)/t14-,15+,16+/m0/s1. The number of nitrogens with one attached hydrogen (secondary N) is 1. The van der Waals surface area contributed by atoms with Crippen molar-refractivity contribution in [3.63, 3.8) is 0 Å². The summed E-state index contributed by atoms with van der Waals surface area (Å²) in [6.45, 7) is 1.74. The summed E-state index contributed by atoms with van der Waals surface area (Å²) < 4.78 is 6.93. The number of aromatic amines is 1. The second-order valence-electron chi connectivity index (χ2n) is 6.40. The molecule has 1 aliphatic rings. The van der Waals surface area contributed by atoms with Crippen molar-refractivity contribution in [3.8, 4) is 11.3 Å². The van der Waals surface area contributed by atoms with Crippen LogP contribution in [0.25, 0.3) is 22.3 Å². The van der Waals surface area contributed by atoms with Crippen LogP contribution in [0.4, 0.5) is 0 Å². The number of aromatic nitrogens is 3. The lowest BCUT2D eigenvalue weighted by Crippen LogP contribution is -2.27. The molecule has 3 N–H and O–H groups in total. The third-order valence-corrected chi connectivity index (χ3v) is 4.59. The first kappa shape index (κ1) is 16.0. The molecule has 0 spiro atoms. The molecule has 2 aromatic heterocycles. The van der Waals surface area contributed by atoms with E-state index in [0.29, 0.717) is 5.65 Å². The van der Waals surface area contributed by atoms with Gasteiger partial charge in [-0.05, 0) is 18.6 Å². The van der Waals surface area contributed by atoms with Crippen molar-refractivity contribution < 1.29 is 14.9 Å². The lowest BCUT2D eigenvalue weighted by atomic mass is 10.1. The largest absolute Gasteiger partial charge is 0.394 e. The van der Waals surface area contributed by atoms with Gasteiger partial charge in [0, 0.05) is 23.7 Å². The van der Waals surface area contributed by atoms with Gasteiger partial charge in [-0.1, -0.05) is 29.8 Å². The summed E-state index contributed by atoms with van der Waals surface area (Å²) >= 11 is 0. The van der Waals surface area contributed by atoms with Crippen LogP contribution in [-0.4, -0.2) is 43.6 Å². The molecule has 0 saturated carbocycles. The number of aliphatic hydroxyl groups excluding tert-OH is 2. The number of hydrogen-bond donors (Lipinski definition) is 3. The highest BCUT2D eigenvalue weighted by molar-refractivity contribution is 5.82. The van der Waals surface area contributed by atoms with Gasteiger partial charge in [-0.15, -0.1) is 0 Å². The van der Waals surface area contributed by atoms with Gasteiger partial charge in [-0.3, -0.25) is 4.57 Å². The summed E-state index contributed by atoms with van der Waals surface area (Å²) in [5.41, 5.74) is 3.11. The van der Waals surface area contributed by atoms with Crippen molar-refractivity contribution in [2.24, 2.45) is 0 Å². The maximum atomic E-state index is 12.3. The number of nitrogens with zero attached hydrogens (tertiary/aromatic N) is 2. The number of rotatable bonds is 3. The fourth-order valence-corrected chi connectivity index (χ4v) is 3.15. The van der Waals surface area contributed by atoms with Crippen molar-refractivity contribution >= 4 is 11.0 Å². The Morgan fingerprint density at radius 3 is 2.80 bits per heavy atom. The van der Waals surface area contributed by atoms with Gasteiger partial charge in [0.25, 0.3) is 0 Å². The second kappa shape index (κ2) is 6.11. The number of benzene rings is 1. The van der Waals surface area contributed by atoms with Gasteiger partial charge in [-0.25, -0.2) is 4.79 Å². The first-order valence-electron chi connectivity index (χ1n) is 8.18. The number of ether oxygens (including phenoxy) is 1. The molecule has 1 aliphatic heterocycles. The Labute approximate surface area is 143 Å². The van der Waals surface area contributed by atoms with E-state index in [1.165, 1.54) is 10.1 Å². The molecule has 0 bridgehead atoms. The number of aryl methyl sites for hydroxylation is 1. The van der Waals surface area contributed by atoms with Crippen molar-refractivity contribution in [2.45, 2.75) is 31.8 Å². The van der Waals surface area contributed by atoms with Crippen molar-refractivity contribution in [1.82, 2.24) is 14.5 Å². The molecule has 1 fully saturated rings. The fourth-order valence-electron chi connectivity index (χ4n) is 3.15. The van der Waals surface area contributed by atoms with E-state index in [0.717, 1.165) is 16.6 Å². The number of fused-ring (bicyclic) bond motifs is 1. The molecule has 4 rings (SSSR count). The molecule has 25 heavy (non-hydrogen) atoms. The van der Waals surface area contributed by atoms with Crippen LogP contribution in [0.15, 0.2) is 41.3 Å². The Balaban J connectivity index is 1.72. The molecule has 0 unspecified atom stereocenters. The molecule has 3 aromatic rings. The lowest BCUT2D eigenvalue weighted by molar-refractivity contribution is -0.0457. The highest BCUT2D eigenvalue weighted by atomic mass is 16.5. The van der Waals surface area contributed by atoms with Gasteiger partial charge in [0.1, 0.15) is 18.0 Å². The van der Waals surface area contributed by atoms with Crippen molar-refractivity contribution in [3.05, 3.63) is 52.6 Å². The van der Waals surface area contributed by atoms with Gasteiger partial charge in [-0.2, -0.15) is 4.98 Å². The molecule has 1 aromatic carbocycles. The Hall–Kier alpha value is -2.48. The monoisotopic (exact) mass is 341 g/mol. The zero-order valence-corrected chi connectivity index (χ0v) is 13.7. The van der Waals surface area contributed by atoms with Crippen LogP contribution in [0.1, 0.15) is 18.2 Å². The van der Waals surface area contributed by atoms with Gasteiger partial charge in [0.15, 0.2) is 0 Å². The van der Waals surface area contributed by atoms with Crippen molar-refractivity contribution in [2.75, 3.05) is 6.61 Å². The van der Waals surface area contributed by atoms with E-state index in [1.54, 1.807) is 6.20 Å². The van der Waals surface area contributed by atoms with Gasteiger partial charge in [0.2, 0.25) is 0 Å².